The van der Waals surface area contributed by atoms with Gasteiger partial charge in [-0.1, -0.05) is 0 Å². The van der Waals surface area contributed by atoms with Gasteiger partial charge in [-0.15, -0.1) is 0 Å². The molecular formula is C38H45N17O7. The number of carbonyl (C=O) groups excluding carboxylic acids is 7. The first-order valence-electron chi connectivity index (χ1n) is 18.9. The van der Waals surface area contributed by atoms with Crippen LogP contribution in [0.2, 0.25) is 0 Å². The molecule has 0 aliphatic rings. The lowest BCUT2D eigenvalue weighted by Gasteiger charge is -2.05. The van der Waals surface area contributed by atoms with Gasteiger partial charge < -0.3 is 70.4 Å². The van der Waals surface area contributed by atoms with Crippen LogP contribution in [0.5, 0.6) is 0 Å². The minimum Gasteiger partial charge on any atom is -0.349 e. The fourth-order valence-electron chi connectivity index (χ4n) is 6.31. The molecule has 6 heterocycles. The second-order valence-electron chi connectivity index (χ2n) is 14.1. The Balaban J connectivity index is 0.943. The normalized spacial score (nSPS) is 10.9. The molecule has 9 N–H and O–H groups in total. The number of hydrogen-bond acceptors (Lipinski definition) is 11. The average Bonchev–Trinajstić information content (AvgIpc) is 4.07. The maximum atomic E-state index is 13.2. The summed E-state index contributed by atoms with van der Waals surface area (Å²) in [7, 11) is 9.78. The van der Waals surface area contributed by atoms with Crippen molar-refractivity contribution in [3.05, 3.63) is 96.1 Å². The molecule has 0 saturated heterocycles. The van der Waals surface area contributed by atoms with E-state index in [0.717, 1.165) is 0 Å². The van der Waals surface area contributed by atoms with Crippen molar-refractivity contribution in [3.63, 3.8) is 0 Å². The molecule has 6 aromatic heterocycles. The van der Waals surface area contributed by atoms with Gasteiger partial charge in [-0.05, 0) is 24.6 Å². The molecule has 0 unspecified atom stereocenters. The first-order valence-corrected chi connectivity index (χ1v) is 18.9. The summed E-state index contributed by atoms with van der Waals surface area (Å²) in [5.41, 5.74) is 7.29. The quantitative estimate of drug-likeness (QED) is 0.0496. The van der Waals surface area contributed by atoms with E-state index in [1.165, 1.54) is 50.5 Å². The van der Waals surface area contributed by atoms with Crippen molar-refractivity contribution in [1.29, 1.82) is 0 Å². The number of hydrogen-bond donors (Lipinski definition) is 8. The first kappa shape index (κ1) is 43.3. The molecule has 0 bridgehead atoms. The Morgan fingerprint density at radius 2 is 0.984 bits per heavy atom. The van der Waals surface area contributed by atoms with E-state index < -0.39 is 29.5 Å². The molecule has 0 aliphatic carbocycles. The minimum atomic E-state index is -0.628. The maximum absolute atomic E-state index is 13.2. The Kier molecular flexibility index (Phi) is 12.8. The lowest BCUT2D eigenvalue weighted by molar-refractivity contribution is -0.116. The zero-order valence-electron chi connectivity index (χ0n) is 34.6. The summed E-state index contributed by atoms with van der Waals surface area (Å²) >= 11 is 0. The highest BCUT2D eigenvalue weighted by atomic mass is 16.2. The van der Waals surface area contributed by atoms with Gasteiger partial charge in [0.1, 0.15) is 17.1 Å². The van der Waals surface area contributed by atoms with Crippen LogP contribution in [-0.4, -0.2) is 96.9 Å². The highest BCUT2D eigenvalue weighted by molar-refractivity contribution is 6.08. The van der Waals surface area contributed by atoms with E-state index >= 15 is 0 Å². The Morgan fingerprint density at radius 1 is 0.516 bits per heavy atom. The number of imidazole rings is 3. The monoisotopic (exact) mass is 851 g/mol. The Hall–Kier alpha value is -8.28. The maximum Gasteiger partial charge on any atom is 0.292 e. The van der Waals surface area contributed by atoms with Crippen molar-refractivity contribution in [2.75, 3.05) is 39.8 Å². The van der Waals surface area contributed by atoms with Crippen LogP contribution >= 0.6 is 0 Å². The molecule has 24 heteroatoms. The predicted molar refractivity (Wildman–Crippen MR) is 224 cm³/mol. The van der Waals surface area contributed by atoms with Crippen molar-refractivity contribution < 1.29 is 33.6 Å². The molecule has 0 aliphatic heterocycles. The van der Waals surface area contributed by atoms with Gasteiger partial charge >= 0.3 is 0 Å². The van der Waals surface area contributed by atoms with Crippen LogP contribution in [0.25, 0.3) is 0 Å². The van der Waals surface area contributed by atoms with Gasteiger partial charge in [-0.3, -0.25) is 33.6 Å². The molecule has 6 rings (SSSR count). The number of amides is 7. The number of nitrogens with two attached hydrogens (primary N) is 1. The number of rotatable bonds is 16. The van der Waals surface area contributed by atoms with E-state index in [-0.39, 0.29) is 78.4 Å². The van der Waals surface area contributed by atoms with Crippen molar-refractivity contribution in [2.24, 2.45) is 48.0 Å². The van der Waals surface area contributed by atoms with Crippen LogP contribution in [0.3, 0.4) is 0 Å². The largest absolute Gasteiger partial charge is 0.349 e. The second kappa shape index (κ2) is 18.3. The molecule has 0 aromatic carbocycles. The highest BCUT2D eigenvalue weighted by Crippen LogP contribution is 2.20. The number of aryl methyl sites for hydroxylation is 6. The zero-order chi connectivity index (χ0) is 44.8. The van der Waals surface area contributed by atoms with Crippen molar-refractivity contribution in [1.82, 2.24) is 53.0 Å². The summed E-state index contributed by atoms with van der Waals surface area (Å²) in [5.74, 6) is -2.98. The first-order chi connectivity index (χ1) is 29.5. The summed E-state index contributed by atoms with van der Waals surface area (Å²) in [4.78, 5) is 102. The summed E-state index contributed by atoms with van der Waals surface area (Å²) < 4.78 is 9.03. The molecule has 0 radical (unpaired) electrons. The third-order valence-electron chi connectivity index (χ3n) is 9.31. The number of anilines is 5. The highest BCUT2D eigenvalue weighted by Gasteiger charge is 2.22. The number of nitrogens with one attached hydrogen (secondary N) is 7. The second-order valence-corrected chi connectivity index (χ2v) is 14.1. The van der Waals surface area contributed by atoms with Crippen LogP contribution in [0, 0.1) is 0 Å². The van der Waals surface area contributed by atoms with Gasteiger partial charge in [0.15, 0.2) is 17.5 Å². The van der Waals surface area contributed by atoms with Crippen LogP contribution in [0.1, 0.15) is 76.2 Å². The summed E-state index contributed by atoms with van der Waals surface area (Å²) in [5, 5.41) is 18.7. The lowest BCUT2D eigenvalue weighted by Crippen LogP contribution is -2.30. The number of aromatic nitrogens is 9. The summed E-state index contributed by atoms with van der Waals surface area (Å²) in [6.07, 6.45) is 11.1. The van der Waals surface area contributed by atoms with E-state index in [0.29, 0.717) is 22.8 Å². The molecule has 0 saturated carbocycles. The van der Waals surface area contributed by atoms with Crippen molar-refractivity contribution >= 4 is 70.0 Å². The molecule has 24 nitrogen and oxygen atoms in total. The Bertz CT molecular complexity index is 2710. The van der Waals surface area contributed by atoms with Crippen LogP contribution in [0.4, 0.5) is 28.7 Å². The van der Waals surface area contributed by atoms with E-state index in [4.69, 9.17) is 5.73 Å². The van der Waals surface area contributed by atoms with Gasteiger partial charge in [0.05, 0.1) is 23.7 Å². The molecule has 0 atom stereocenters. The predicted octanol–water partition coefficient (Wildman–Crippen LogP) is 0.707. The summed E-state index contributed by atoms with van der Waals surface area (Å²) in [6, 6.07) is 4.52. The van der Waals surface area contributed by atoms with Crippen LogP contribution in [0.15, 0.2) is 61.6 Å². The van der Waals surface area contributed by atoms with Gasteiger partial charge in [0.2, 0.25) is 17.6 Å². The van der Waals surface area contributed by atoms with Crippen LogP contribution < -0.4 is 43.0 Å². The van der Waals surface area contributed by atoms with E-state index in [1.54, 1.807) is 80.8 Å². The van der Waals surface area contributed by atoms with Gasteiger partial charge in [-0.25, -0.2) is 15.0 Å². The van der Waals surface area contributed by atoms with Crippen LogP contribution in [-0.2, 0) is 47.1 Å². The third kappa shape index (κ3) is 9.94. The summed E-state index contributed by atoms with van der Waals surface area (Å²) in [6.45, 7) is 0.102. The molecular weight excluding hydrogens is 807 g/mol. The van der Waals surface area contributed by atoms with Crippen molar-refractivity contribution in [2.45, 2.75) is 12.8 Å². The van der Waals surface area contributed by atoms with E-state index in [9.17, 15) is 33.6 Å². The number of nitrogens with zero attached hydrogens (tertiary/aromatic N) is 9. The fourth-order valence-corrected chi connectivity index (χ4v) is 6.31. The van der Waals surface area contributed by atoms with Crippen molar-refractivity contribution in [3.8, 4) is 0 Å². The molecule has 0 spiro atoms. The fraction of sp³-hybridized carbons (Fsp3) is 0.263. The Morgan fingerprint density at radius 3 is 1.47 bits per heavy atom. The smallest absolute Gasteiger partial charge is 0.292 e. The standard InChI is InChI=1S/C38H45N17O7/c1-50-11-10-40-30(50)37(61)48-28-19-55(6)32(47-28)38(62)49-27-18-54(5)31(46-27)36(60)41-9-7-8-29(56)43-21-12-25(52(3)15-21)34(58)45-23-14-26(53(4)17-23)35(59)44-22-13-24(51(2)16-22)33(57)42-20-39/h10-19H,7-9,20,39H2,1-6H3,(H,41,60)(H,42,57)(H,43,56)(H,44,59)(H,45,58)(H,48,61)(H,49,62). The van der Waals surface area contributed by atoms with E-state index in [2.05, 4.69) is 52.2 Å². The topological polar surface area (TPSA) is 298 Å². The SMILES string of the molecule is Cn1cc(NC(=O)c2cc(NC(=O)c3cc(NC(=O)CCCNC(=O)c4nc(NC(=O)c5nc(NC(=O)c6nccn6C)cn5C)cn4C)cn3C)cn2C)cc1C(=O)NCN. The van der Waals surface area contributed by atoms with Gasteiger partial charge in [0, 0.05) is 98.6 Å². The lowest BCUT2D eigenvalue weighted by atomic mass is 10.3. The number of carbonyl (C=O) groups is 7. The average molecular weight is 852 g/mol. The Labute approximate surface area is 352 Å². The molecule has 7 amide bonds. The van der Waals surface area contributed by atoms with E-state index in [1.807, 2.05) is 0 Å². The third-order valence-corrected chi connectivity index (χ3v) is 9.31. The van der Waals surface area contributed by atoms with Gasteiger partial charge in [0.25, 0.3) is 35.4 Å². The van der Waals surface area contributed by atoms with Gasteiger partial charge in [-0.2, -0.15) is 0 Å². The molecule has 62 heavy (non-hydrogen) atoms. The minimum absolute atomic E-state index is 0.00869. The molecule has 324 valence electrons. The molecule has 0 fully saturated rings. The molecule has 6 aromatic rings. The zero-order valence-corrected chi connectivity index (χ0v) is 34.6.